The third-order valence-corrected chi connectivity index (χ3v) is 4.19. The fraction of sp³-hybridized carbons (Fsp3) is 0.350. The average Bonchev–Trinajstić information content (AvgIpc) is 2.59. The number of amides is 2. The molecule has 0 fully saturated rings. The molecule has 1 N–H and O–H groups in total. The molecule has 2 aromatic rings. The number of carbonyl (C=O) groups excluding carboxylic acids is 1. The summed E-state index contributed by atoms with van der Waals surface area (Å²) in [6.45, 7) is 8.85. The van der Waals surface area contributed by atoms with E-state index in [1.807, 2.05) is 50.4 Å². The summed E-state index contributed by atoms with van der Waals surface area (Å²) in [7, 11) is 1.81. The quantitative estimate of drug-likeness (QED) is 0.848. The van der Waals surface area contributed by atoms with Crippen LogP contribution in [-0.2, 0) is 6.54 Å². The van der Waals surface area contributed by atoms with Crippen LogP contribution < -0.4 is 10.2 Å². The first-order chi connectivity index (χ1) is 11.5. The number of rotatable bonds is 6. The molecule has 0 saturated carbocycles. The van der Waals surface area contributed by atoms with E-state index in [9.17, 15) is 4.79 Å². The molecule has 0 saturated heterocycles. The molecule has 0 aliphatic carbocycles. The van der Waals surface area contributed by atoms with E-state index < -0.39 is 0 Å². The largest absolute Gasteiger partial charge is 0.372 e. The lowest BCUT2D eigenvalue weighted by molar-refractivity contribution is 0.220. The van der Waals surface area contributed by atoms with Gasteiger partial charge in [0, 0.05) is 38.1 Å². The number of urea groups is 1. The highest BCUT2D eigenvalue weighted by Crippen LogP contribution is 2.23. The number of carbonyl (C=O) groups is 1. The number of benzene rings is 2. The van der Waals surface area contributed by atoms with E-state index in [4.69, 9.17) is 0 Å². The van der Waals surface area contributed by atoms with Crippen molar-refractivity contribution in [1.29, 1.82) is 0 Å². The fourth-order valence-electron chi connectivity index (χ4n) is 2.71. The van der Waals surface area contributed by atoms with Crippen LogP contribution in [-0.4, -0.2) is 31.1 Å². The van der Waals surface area contributed by atoms with Gasteiger partial charge in [0.15, 0.2) is 0 Å². The van der Waals surface area contributed by atoms with Crippen molar-refractivity contribution in [3.8, 4) is 0 Å². The maximum Gasteiger partial charge on any atom is 0.321 e. The van der Waals surface area contributed by atoms with Crippen molar-refractivity contribution in [2.75, 3.05) is 30.4 Å². The van der Waals surface area contributed by atoms with E-state index in [1.165, 1.54) is 5.69 Å². The Kier molecular flexibility index (Phi) is 6.24. The first-order valence-corrected chi connectivity index (χ1v) is 8.46. The average molecular weight is 325 g/mol. The molecule has 0 radical (unpaired) electrons. The molecule has 0 bridgehead atoms. The molecular formula is C20H27N3O. The van der Waals surface area contributed by atoms with E-state index in [0.717, 1.165) is 29.9 Å². The molecule has 2 amide bonds. The van der Waals surface area contributed by atoms with Crippen LogP contribution in [0.4, 0.5) is 16.2 Å². The summed E-state index contributed by atoms with van der Waals surface area (Å²) in [6, 6.07) is 16.1. The Morgan fingerprint density at radius 3 is 2.29 bits per heavy atom. The number of hydrogen-bond donors (Lipinski definition) is 1. The standard InChI is InChI=1S/C20H27N3O/c1-5-23(6-2)18-12-13-19(16(3)14-18)21-20(24)22(4)15-17-10-8-7-9-11-17/h7-14H,5-6,15H2,1-4H3,(H,21,24). The number of nitrogens with one attached hydrogen (secondary N) is 1. The zero-order valence-corrected chi connectivity index (χ0v) is 15.0. The zero-order valence-electron chi connectivity index (χ0n) is 15.0. The molecule has 0 spiro atoms. The smallest absolute Gasteiger partial charge is 0.321 e. The van der Waals surface area contributed by atoms with E-state index in [-0.39, 0.29) is 6.03 Å². The maximum atomic E-state index is 12.4. The summed E-state index contributed by atoms with van der Waals surface area (Å²) in [5, 5.41) is 3.00. The van der Waals surface area contributed by atoms with Crippen molar-refractivity contribution in [1.82, 2.24) is 4.90 Å². The van der Waals surface area contributed by atoms with Gasteiger partial charge in [-0.15, -0.1) is 0 Å². The van der Waals surface area contributed by atoms with E-state index in [0.29, 0.717) is 6.54 Å². The molecule has 0 aliphatic heterocycles. The maximum absolute atomic E-state index is 12.4. The number of nitrogens with zero attached hydrogens (tertiary/aromatic N) is 2. The molecule has 2 rings (SSSR count). The van der Waals surface area contributed by atoms with Gasteiger partial charge in [-0.1, -0.05) is 30.3 Å². The first-order valence-electron chi connectivity index (χ1n) is 8.46. The van der Waals surface area contributed by atoms with Gasteiger partial charge < -0.3 is 15.1 Å². The molecule has 128 valence electrons. The first kappa shape index (κ1) is 17.9. The Bertz CT molecular complexity index is 666. The number of hydrogen-bond acceptors (Lipinski definition) is 2. The highest BCUT2D eigenvalue weighted by Gasteiger charge is 2.11. The SMILES string of the molecule is CCN(CC)c1ccc(NC(=O)N(C)Cc2ccccc2)c(C)c1. The second kappa shape index (κ2) is 8.39. The van der Waals surface area contributed by atoms with Crippen LogP contribution in [0.3, 0.4) is 0 Å². The minimum Gasteiger partial charge on any atom is -0.372 e. The van der Waals surface area contributed by atoms with Crippen LogP contribution in [0, 0.1) is 6.92 Å². The molecule has 0 aliphatic rings. The van der Waals surface area contributed by atoms with Gasteiger partial charge in [0.1, 0.15) is 0 Å². The minimum atomic E-state index is -0.0995. The Hall–Kier alpha value is -2.49. The van der Waals surface area contributed by atoms with Gasteiger partial charge in [0.05, 0.1) is 0 Å². The lowest BCUT2D eigenvalue weighted by Crippen LogP contribution is -2.31. The van der Waals surface area contributed by atoms with Crippen molar-refractivity contribution >= 4 is 17.4 Å². The van der Waals surface area contributed by atoms with Gasteiger partial charge in [-0.05, 0) is 50.1 Å². The molecule has 24 heavy (non-hydrogen) atoms. The monoisotopic (exact) mass is 325 g/mol. The minimum absolute atomic E-state index is 0.0995. The van der Waals surface area contributed by atoms with Crippen LogP contribution >= 0.6 is 0 Å². The van der Waals surface area contributed by atoms with Crippen molar-refractivity contribution in [2.24, 2.45) is 0 Å². The van der Waals surface area contributed by atoms with Crippen molar-refractivity contribution in [2.45, 2.75) is 27.3 Å². The van der Waals surface area contributed by atoms with E-state index in [1.54, 1.807) is 4.90 Å². The van der Waals surface area contributed by atoms with Gasteiger partial charge in [0.25, 0.3) is 0 Å². The zero-order chi connectivity index (χ0) is 17.5. The Labute approximate surface area is 145 Å². The summed E-state index contributed by atoms with van der Waals surface area (Å²) in [5.41, 5.74) is 4.23. The number of anilines is 2. The molecule has 0 atom stereocenters. The van der Waals surface area contributed by atoms with Gasteiger partial charge in [-0.25, -0.2) is 4.79 Å². The molecule has 0 aromatic heterocycles. The molecule has 2 aromatic carbocycles. The molecule has 0 unspecified atom stereocenters. The summed E-state index contributed by atoms with van der Waals surface area (Å²) in [4.78, 5) is 16.4. The van der Waals surface area contributed by atoms with Crippen LogP contribution in [0.5, 0.6) is 0 Å². The van der Waals surface area contributed by atoms with E-state index >= 15 is 0 Å². The van der Waals surface area contributed by atoms with Crippen LogP contribution in [0.15, 0.2) is 48.5 Å². The summed E-state index contributed by atoms with van der Waals surface area (Å²) in [6.07, 6.45) is 0. The van der Waals surface area contributed by atoms with Gasteiger partial charge in [-0.3, -0.25) is 0 Å². The van der Waals surface area contributed by atoms with Gasteiger partial charge in [-0.2, -0.15) is 0 Å². The lowest BCUT2D eigenvalue weighted by Gasteiger charge is -2.23. The van der Waals surface area contributed by atoms with Crippen LogP contribution in [0.2, 0.25) is 0 Å². The van der Waals surface area contributed by atoms with E-state index in [2.05, 4.69) is 36.2 Å². The summed E-state index contributed by atoms with van der Waals surface area (Å²) < 4.78 is 0. The second-order valence-electron chi connectivity index (χ2n) is 5.94. The predicted molar refractivity (Wildman–Crippen MR) is 102 cm³/mol. The second-order valence-corrected chi connectivity index (χ2v) is 5.94. The molecule has 4 nitrogen and oxygen atoms in total. The highest BCUT2D eigenvalue weighted by molar-refractivity contribution is 5.90. The van der Waals surface area contributed by atoms with Gasteiger partial charge in [0.2, 0.25) is 0 Å². The topological polar surface area (TPSA) is 35.6 Å². The van der Waals surface area contributed by atoms with Crippen molar-refractivity contribution in [3.05, 3.63) is 59.7 Å². The molecule has 0 heterocycles. The third-order valence-electron chi connectivity index (χ3n) is 4.19. The normalized spacial score (nSPS) is 10.3. The van der Waals surface area contributed by atoms with Crippen LogP contribution in [0.1, 0.15) is 25.0 Å². The fourth-order valence-corrected chi connectivity index (χ4v) is 2.71. The van der Waals surface area contributed by atoms with Crippen molar-refractivity contribution < 1.29 is 4.79 Å². The Morgan fingerprint density at radius 2 is 1.71 bits per heavy atom. The lowest BCUT2D eigenvalue weighted by atomic mass is 10.1. The predicted octanol–water partition coefficient (Wildman–Crippen LogP) is 4.51. The highest BCUT2D eigenvalue weighted by atomic mass is 16.2. The van der Waals surface area contributed by atoms with Crippen LogP contribution in [0.25, 0.3) is 0 Å². The van der Waals surface area contributed by atoms with Gasteiger partial charge >= 0.3 is 6.03 Å². The number of aryl methyl sites for hydroxylation is 1. The Balaban J connectivity index is 2.03. The summed E-state index contributed by atoms with van der Waals surface area (Å²) >= 11 is 0. The third kappa shape index (κ3) is 4.51. The summed E-state index contributed by atoms with van der Waals surface area (Å²) in [5.74, 6) is 0. The molecular weight excluding hydrogens is 298 g/mol. The van der Waals surface area contributed by atoms with Crippen molar-refractivity contribution in [3.63, 3.8) is 0 Å². The molecule has 4 heteroatoms. The Morgan fingerprint density at radius 1 is 1.04 bits per heavy atom.